The van der Waals surface area contributed by atoms with Crippen molar-refractivity contribution in [2.45, 2.75) is 12.8 Å². The number of nitriles is 1. The molecule has 1 saturated heterocycles. The van der Waals surface area contributed by atoms with Gasteiger partial charge in [0.15, 0.2) is 0 Å². The molecule has 0 aliphatic carbocycles. The van der Waals surface area contributed by atoms with Crippen LogP contribution in [0.5, 0.6) is 0 Å². The number of amides is 1. The highest BCUT2D eigenvalue weighted by molar-refractivity contribution is 5.97. The lowest BCUT2D eigenvalue weighted by atomic mass is 9.81. The Morgan fingerprint density at radius 1 is 1.43 bits per heavy atom. The van der Waals surface area contributed by atoms with Crippen molar-refractivity contribution in [3.63, 3.8) is 0 Å². The number of nitrogens with zero attached hydrogens (tertiary/aromatic N) is 2. The van der Waals surface area contributed by atoms with Crippen molar-refractivity contribution in [2.24, 2.45) is 5.41 Å². The third-order valence-electron chi connectivity index (χ3n) is 3.35. The van der Waals surface area contributed by atoms with Crippen LogP contribution in [0.1, 0.15) is 12.8 Å². The molecule has 0 saturated carbocycles. The summed E-state index contributed by atoms with van der Waals surface area (Å²) in [7, 11) is 0. The van der Waals surface area contributed by atoms with E-state index < -0.39 is 27.8 Å². The topological polar surface area (TPSA) is 105 Å². The summed E-state index contributed by atoms with van der Waals surface area (Å²) in [4.78, 5) is 22.1. The Bertz CT molecular complexity index is 620. The molecule has 0 bridgehead atoms. The Morgan fingerprint density at radius 3 is 2.67 bits per heavy atom. The number of nitro benzene ring substituents is 1. The molecule has 0 spiro atoms. The molecular weight excluding hydrogens is 281 g/mol. The Labute approximate surface area is 119 Å². The smallest absolute Gasteiger partial charge is 0.274 e. The standard InChI is InChI=1S/C13H12FN3O4/c14-9-5-10(7-11(6-9)17(19)20)16-12(18)13(8-15)1-3-21-4-2-13/h5-7H,1-4H2,(H,16,18). The van der Waals surface area contributed by atoms with Crippen LogP contribution in [0.25, 0.3) is 0 Å². The lowest BCUT2D eigenvalue weighted by molar-refractivity contribution is -0.385. The van der Waals surface area contributed by atoms with E-state index in [9.17, 15) is 24.6 Å². The van der Waals surface area contributed by atoms with Gasteiger partial charge in [-0.1, -0.05) is 0 Å². The molecule has 21 heavy (non-hydrogen) atoms. The van der Waals surface area contributed by atoms with Gasteiger partial charge < -0.3 is 10.1 Å². The second kappa shape index (κ2) is 5.85. The molecule has 1 aromatic carbocycles. The number of anilines is 1. The van der Waals surface area contributed by atoms with Crippen LogP contribution in [0.3, 0.4) is 0 Å². The van der Waals surface area contributed by atoms with Gasteiger partial charge in [-0.2, -0.15) is 5.26 Å². The van der Waals surface area contributed by atoms with Crippen molar-refractivity contribution in [2.75, 3.05) is 18.5 Å². The first-order chi connectivity index (χ1) is 9.97. The van der Waals surface area contributed by atoms with Gasteiger partial charge in [-0.15, -0.1) is 0 Å². The van der Waals surface area contributed by atoms with Crippen molar-refractivity contribution in [3.8, 4) is 6.07 Å². The molecule has 8 heteroatoms. The zero-order valence-electron chi connectivity index (χ0n) is 11.0. The fourth-order valence-electron chi connectivity index (χ4n) is 2.11. The van der Waals surface area contributed by atoms with Gasteiger partial charge in [-0.25, -0.2) is 4.39 Å². The highest BCUT2D eigenvalue weighted by atomic mass is 19.1. The van der Waals surface area contributed by atoms with Crippen molar-refractivity contribution < 1.29 is 18.8 Å². The fraction of sp³-hybridized carbons (Fsp3) is 0.385. The number of carbonyl (C=O) groups is 1. The predicted molar refractivity (Wildman–Crippen MR) is 69.8 cm³/mol. The van der Waals surface area contributed by atoms with E-state index in [1.54, 1.807) is 0 Å². The summed E-state index contributed by atoms with van der Waals surface area (Å²) in [5, 5.41) is 22.3. The average molecular weight is 293 g/mol. The van der Waals surface area contributed by atoms with Crippen LogP contribution in [0, 0.1) is 32.7 Å². The largest absolute Gasteiger partial charge is 0.381 e. The zero-order valence-corrected chi connectivity index (χ0v) is 11.0. The van der Waals surface area contributed by atoms with E-state index in [0.717, 1.165) is 18.2 Å². The number of halogens is 1. The number of hydrogen-bond acceptors (Lipinski definition) is 5. The molecule has 2 rings (SSSR count). The molecular formula is C13H12FN3O4. The maximum Gasteiger partial charge on any atom is 0.274 e. The number of non-ortho nitro benzene ring substituents is 1. The molecule has 1 aromatic rings. The van der Waals surface area contributed by atoms with Gasteiger partial charge in [0, 0.05) is 19.3 Å². The van der Waals surface area contributed by atoms with E-state index in [4.69, 9.17) is 4.74 Å². The molecule has 0 unspecified atom stereocenters. The van der Waals surface area contributed by atoms with E-state index in [1.165, 1.54) is 0 Å². The number of ether oxygens (including phenoxy) is 1. The molecule has 1 aliphatic heterocycles. The number of nitro groups is 1. The van der Waals surface area contributed by atoms with Crippen LogP contribution in [0.4, 0.5) is 15.8 Å². The minimum atomic E-state index is -1.25. The first-order valence-electron chi connectivity index (χ1n) is 6.22. The summed E-state index contributed by atoms with van der Waals surface area (Å²) >= 11 is 0. The maximum atomic E-state index is 13.3. The van der Waals surface area contributed by atoms with E-state index in [0.29, 0.717) is 0 Å². The SMILES string of the molecule is N#CC1(C(=O)Nc2cc(F)cc([N+](=O)[O-])c2)CCOCC1. The molecule has 0 atom stereocenters. The van der Waals surface area contributed by atoms with Crippen LogP contribution >= 0.6 is 0 Å². The van der Waals surface area contributed by atoms with Gasteiger partial charge in [0.2, 0.25) is 5.91 Å². The third kappa shape index (κ3) is 3.14. The zero-order chi connectivity index (χ0) is 15.5. The normalized spacial score (nSPS) is 16.8. The van der Waals surface area contributed by atoms with Gasteiger partial charge in [-0.3, -0.25) is 14.9 Å². The molecule has 1 N–H and O–H groups in total. The lowest BCUT2D eigenvalue weighted by Gasteiger charge is -2.29. The number of rotatable bonds is 3. The summed E-state index contributed by atoms with van der Waals surface area (Å²) < 4.78 is 18.4. The fourth-order valence-corrected chi connectivity index (χ4v) is 2.11. The minimum absolute atomic E-state index is 0.0483. The van der Waals surface area contributed by atoms with Crippen molar-refractivity contribution >= 4 is 17.3 Å². The Kier molecular flexibility index (Phi) is 4.14. The van der Waals surface area contributed by atoms with Crippen LogP contribution in [0.2, 0.25) is 0 Å². The number of carbonyl (C=O) groups excluding carboxylic acids is 1. The van der Waals surface area contributed by atoms with Gasteiger partial charge in [0.25, 0.3) is 5.69 Å². The summed E-state index contributed by atoms with van der Waals surface area (Å²) in [5.74, 6) is -1.44. The van der Waals surface area contributed by atoms with Gasteiger partial charge in [0.05, 0.1) is 22.7 Å². The van der Waals surface area contributed by atoms with Crippen molar-refractivity contribution in [1.82, 2.24) is 0 Å². The molecule has 1 fully saturated rings. The summed E-state index contributed by atoms with van der Waals surface area (Å²) in [5.41, 5.74) is -1.77. The van der Waals surface area contributed by atoms with Crippen LogP contribution < -0.4 is 5.32 Å². The Morgan fingerprint density at radius 2 is 2.10 bits per heavy atom. The van der Waals surface area contributed by atoms with Crippen LogP contribution in [-0.2, 0) is 9.53 Å². The second-order valence-corrected chi connectivity index (χ2v) is 4.72. The van der Waals surface area contributed by atoms with Crippen LogP contribution in [0.15, 0.2) is 18.2 Å². The highest BCUT2D eigenvalue weighted by Gasteiger charge is 2.40. The van der Waals surface area contributed by atoms with Crippen LogP contribution in [-0.4, -0.2) is 24.0 Å². The van der Waals surface area contributed by atoms with E-state index in [-0.39, 0.29) is 31.7 Å². The molecule has 110 valence electrons. The number of nitrogens with one attached hydrogen (secondary N) is 1. The van der Waals surface area contributed by atoms with Gasteiger partial charge in [0.1, 0.15) is 11.2 Å². The Hall–Kier alpha value is -2.53. The Balaban J connectivity index is 2.23. The lowest BCUT2D eigenvalue weighted by Crippen LogP contribution is -2.39. The molecule has 0 radical (unpaired) electrons. The van der Waals surface area contributed by atoms with E-state index >= 15 is 0 Å². The summed E-state index contributed by atoms with van der Waals surface area (Å²) in [6.45, 7) is 0.564. The monoisotopic (exact) mass is 293 g/mol. The average Bonchev–Trinajstić information content (AvgIpc) is 2.47. The second-order valence-electron chi connectivity index (χ2n) is 4.72. The quantitative estimate of drug-likeness (QED) is 0.677. The first kappa shape index (κ1) is 14.9. The van der Waals surface area contributed by atoms with E-state index in [2.05, 4.69) is 5.32 Å². The molecule has 1 amide bonds. The predicted octanol–water partition coefficient (Wildman–Crippen LogP) is 1.99. The first-order valence-corrected chi connectivity index (χ1v) is 6.22. The maximum absolute atomic E-state index is 13.3. The molecule has 1 heterocycles. The molecule has 7 nitrogen and oxygen atoms in total. The number of benzene rings is 1. The molecule has 0 aromatic heterocycles. The third-order valence-corrected chi connectivity index (χ3v) is 3.35. The highest BCUT2D eigenvalue weighted by Crippen LogP contribution is 2.31. The van der Waals surface area contributed by atoms with E-state index in [1.807, 2.05) is 6.07 Å². The van der Waals surface area contributed by atoms with Gasteiger partial charge in [-0.05, 0) is 18.9 Å². The van der Waals surface area contributed by atoms with Crippen molar-refractivity contribution in [3.05, 3.63) is 34.1 Å². The summed E-state index contributed by atoms with van der Waals surface area (Å²) in [6.07, 6.45) is 0.458. The number of hydrogen-bond donors (Lipinski definition) is 1. The summed E-state index contributed by atoms with van der Waals surface area (Å²) in [6, 6.07) is 4.74. The van der Waals surface area contributed by atoms with Crippen molar-refractivity contribution in [1.29, 1.82) is 5.26 Å². The minimum Gasteiger partial charge on any atom is -0.381 e. The molecule has 1 aliphatic rings. The van der Waals surface area contributed by atoms with Gasteiger partial charge >= 0.3 is 0 Å².